The molecule has 5 N–H and O–H groups in total. The van der Waals surface area contributed by atoms with E-state index in [4.69, 9.17) is 4.74 Å². The molecule has 2 unspecified atom stereocenters. The molecule has 6 amide bonds. The van der Waals surface area contributed by atoms with Gasteiger partial charge in [-0.2, -0.15) is 0 Å². The molecule has 2 aliphatic rings. The number of fused-ring (bicyclic) bond motifs is 1. The van der Waals surface area contributed by atoms with Crippen LogP contribution in [0.25, 0.3) is 0 Å². The van der Waals surface area contributed by atoms with Crippen molar-refractivity contribution in [2.45, 2.75) is 111 Å². The third kappa shape index (κ3) is 12.2. The predicted octanol–water partition coefficient (Wildman–Crippen LogP) is 3.96. The number of carbonyl (C=O) groups is 6. The summed E-state index contributed by atoms with van der Waals surface area (Å²) < 4.78 is 5.35. The number of amides is 6. The summed E-state index contributed by atoms with van der Waals surface area (Å²) in [6.07, 6.45) is 6.03. The monoisotopic (exact) mass is 736 g/mol. The van der Waals surface area contributed by atoms with Crippen LogP contribution in [0.15, 0.2) is 48.6 Å². The maximum atomic E-state index is 14.7. The van der Waals surface area contributed by atoms with Gasteiger partial charge in [-0.25, -0.2) is 9.59 Å². The summed E-state index contributed by atoms with van der Waals surface area (Å²) in [7, 11) is 0. The number of alkyl carbamates (subject to hydrolysis) is 1. The number of rotatable bonds is 17. The lowest BCUT2D eigenvalue weighted by Gasteiger charge is -2.33. The minimum absolute atomic E-state index is 0.0130. The van der Waals surface area contributed by atoms with Gasteiger partial charge in [0.25, 0.3) is 5.91 Å². The van der Waals surface area contributed by atoms with Gasteiger partial charge in [0.2, 0.25) is 17.6 Å². The van der Waals surface area contributed by atoms with E-state index < -0.39 is 65.2 Å². The number of nitrogens with one attached hydrogen (secondary N) is 5. The molecule has 0 aromatic heterocycles. The molecule has 0 spiro atoms. The molecule has 13 heteroatoms. The molecule has 13 nitrogen and oxygen atoms in total. The standard InChI is InChI=1S/C40H60N6O7/c1-9-12-17-30(34(47)36(49)42-19-10-2)43-35(48)33-29(25(4)5)18-20-46(33)37(50)31(23-26-21-27-15-13-14-16-28(27)22-26)44-38(51)45-32(40(6,7)8)24-53-39(52)41-11-3/h10,13-16,23,25,29-33H,2,9,11-12,17-22,24H2,1,3-8H3,(H,41,52)(H,42,49)(H,43,48)(H2,44,45,51)/t29-,30?,31?,32-,33+/m1/s1. The fourth-order valence-corrected chi connectivity index (χ4v) is 6.81. The van der Waals surface area contributed by atoms with E-state index in [9.17, 15) is 28.8 Å². The second-order valence-corrected chi connectivity index (χ2v) is 15.3. The lowest BCUT2D eigenvalue weighted by Crippen LogP contribution is -2.59. The number of nitrogens with zero attached hydrogens (tertiary/aromatic N) is 1. The number of allylic oxidation sites excluding steroid dienone is 1. The third-order valence-corrected chi connectivity index (χ3v) is 9.92. The van der Waals surface area contributed by atoms with Gasteiger partial charge in [0.05, 0.1) is 12.1 Å². The normalized spacial score (nSPS) is 18.3. The van der Waals surface area contributed by atoms with Crippen LogP contribution in [0.2, 0.25) is 0 Å². The van der Waals surface area contributed by atoms with Crippen molar-refractivity contribution in [3.63, 3.8) is 0 Å². The molecule has 1 heterocycles. The Morgan fingerprint density at radius 2 is 1.64 bits per heavy atom. The van der Waals surface area contributed by atoms with Gasteiger partial charge >= 0.3 is 12.1 Å². The Hall–Kier alpha value is -4.68. The summed E-state index contributed by atoms with van der Waals surface area (Å²) in [6.45, 7) is 17.6. The Balaban J connectivity index is 1.93. The molecule has 1 fully saturated rings. The van der Waals surface area contributed by atoms with Crippen molar-refractivity contribution >= 4 is 35.6 Å². The first kappa shape index (κ1) is 42.7. The molecule has 1 aliphatic heterocycles. The Kier molecular flexibility index (Phi) is 16.1. The van der Waals surface area contributed by atoms with E-state index in [0.29, 0.717) is 32.2 Å². The van der Waals surface area contributed by atoms with Crippen molar-refractivity contribution in [3.8, 4) is 0 Å². The van der Waals surface area contributed by atoms with E-state index in [1.54, 1.807) is 13.0 Å². The lowest BCUT2D eigenvalue weighted by atomic mass is 9.87. The van der Waals surface area contributed by atoms with Crippen LogP contribution in [0.3, 0.4) is 0 Å². The number of Topliss-reactive ketones (excluding diaryl/α,β-unsaturated/α-hetero) is 1. The van der Waals surface area contributed by atoms with E-state index in [1.807, 2.05) is 65.8 Å². The second kappa shape index (κ2) is 20.0. The number of ether oxygens (including phenoxy) is 1. The number of urea groups is 1. The second-order valence-electron chi connectivity index (χ2n) is 15.3. The average molecular weight is 737 g/mol. The summed E-state index contributed by atoms with van der Waals surface area (Å²) in [5.74, 6) is -2.76. The van der Waals surface area contributed by atoms with Crippen LogP contribution >= 0.6 is 0 Å². The molecule has 3 rings (SSSR count). The summed E-state index contributed by atoms with van der Waals surface area (Å²) in [4.78, 5) is 81.9. The van der Waals surface area contributed by atoms with E-state index in [2.05, 4.69) is 33.2 Å². The number of carbonyl (C=O) groups excluding carboxylic acids is 6. The highest BCUT2D eigenvalue weighted by Gasteiger charge is 2.46. The topological polar surface area (TPSA) is 175 Å². The number of unbranched alkanes of at least 4 members (excludes halogenated alkanes) is 1. The van der Waals surface area contributed by atoms with Gasteiger partial charge in [-0.3, -0.25) is 19.2 Å². The highest BCUT2D eigenvalue weighted by Crippen LogP contribution is 2.33. The number of hydrogen-bond acceptors (Lipinski definition) is 7. The van der Waals surface area contributed by atoms with Crippen LogP contribution < -0.4 is 26.6 Å². The number of ketones is 1. The summed E-state index contributed by atoms with van der Waals surface area (Å²) >= 11 is 0. The average Bonchev–Trinajstić information content (AvgIpc) is 3.74. The quantitative estimate of drug-likeness (QED) is 0.119. The summed E-state index contributed by atoms with van der Waals surface area (Å²) in [5.41, 5.74) is 2.73. The largest absolute Gasteiger partial charge is 0.447 e. The molecule has 1 aromatic carbocycles. The van der Waals surface area contributed by atoms with E-state index in [-0.39, 0.29) is 38.0 Å². The maximum absolute atomic E-state index is 14.7. The fourth-order valence-electron chi connectivity index (χ4n) is 6.81. The van der Waals surface area contributed by atoms with Gasteiger partial charge in [0.15, 0.2) is 0 Å². The lowest BCUT2D eigenvalue weighted by molar-refractivity contribution is -0.143. The molecule has 0 bridgehead atoms. The third-order valence-electron chi connectivity index (χ3n) is 9.92. The zero-order valence-electron chi connectivity index (χ0n) is 32.5. The van der Waals surface area contributed by atoms with Gasteiger partial charge < -0.3 is 36.2 Å². The molecular formula is C40H60N6O7. The SMILES string of the molecule is C=CCNC(=O)C(=O)C(CCCC)NC(=O)[C@@H]1[C@@H](C(C)C)CCN1C(=O)C(C=C1Cc2ccccc2C1)NC(=O)N[C@H](COC(=O)NCC)C(C)(C)C. The highest BCUT2D eigenvalue weighted by molar-refractivity contribution is 6.38. The molecule has 0 saturated carbocycles. The van der Waals surface area contributed by atoms with E-state index in [1.165, 1.54) is 11.0 Å². The zero-order valence-corrected chi connectivity index (χ0v) is 32.5. The van der Waals surface area contributed by atoms with Crippen LogP contribution in [0.4, 0.5) is 9.59 Å². The predicted molar refractivity (Wildman–Crippen MR) is 204 cm³/mol. The van der Waals surface area contributed by atoms with E-state index in [0.717, 1.165) is 23.1 Å². The van der Waals surface area contributed by atoms with Gasteiger partial charge in [-0.15, -0.1) is 6.58 Å². The number of hydrogen-bond donors (Lipinski definition) is 5. The summed E-state index contributed by atoms with van der Waals surface area (Å²) in [5, 5.41) is 13.7. The first-order chi connectivity index (χ1) is 25.1. The van der Waals surface area contributed by atoms with Crippen LogP contribution in [0.1, 0.15) is 85.3 Å². The Morgan fingerprint density at radius 3 is 2.21 bits per heavy atom. The van der Waals surface area contributed by atoms with Gasteiger partial charge in [0.1, 0.15) is 18.7 Å². The van der Waals surface area contributed by atoms with Crippen LogP contribution in [-0.4, -0.2) is 90.9 Å². The van der Waals surface area contributed by atoms with Crippen molar-refractivity contribution in [3.05, 3.63) is 59.7 Å². The van der Waals surface area contributed by atoms with Crippen LogP contribution in [0.5, 0.6) is 0 Å². The molecule has 1 saturated heterocycles. The van der Waals surface area contributed by atoms with Crippen molar-refractivity contribution in [1.82, 2.24) is 31.5 Å². The fraction of sp³-hybridized carbons (Fsp3) is 0.600. The van der Waals surface area contributed by atoms with E-state index >= 15 is 0 Å². The van der Waals surface area contributed by atoms with Crippen molar-refractivity contribution < 1.29 is 33.5 Å². The van der Waals surface area contributed by atoms with Crippen molar-refractivity contribution in [2.24, 2.45) is 17.3 Å². The maximum Gasteiger partial charge on any atom is 0.407 e. The number of benzene rings is 1. The smallest absolute Gasteiger partial charge is 0.407 e. The highest BCUT2D eigenvalue weighted by atomic mass is 16.5. The molecule has 0 radical (unpaired) electrons. The Labute approximate surface area is 314 Å². The molecule has 5 atom stereocenters. The minimum atomic E-state index is -1.13. The van der Waals surface area contributed by atoms with Gasteiger partial charge in [-0.1, -0.05) is 96.4 Å². The molecule has 1 aliphatic carbocycles. The van der Waals surface area contributed by atoms with Crippen LogP contribution in [0, 0.1) is 17.3 Å². The Bertz CT molecular complexity index is 1490. The number of likely N-dealkylation sites (tertiary alicyclic amines) is 1. The van der Waals surface area contributed by atoms with Crippen molar-refractivity contribution in [2.75, 3.05) is 26.2 Å². The minimum Gasteiger partial charge on any atom is -0.447 e. The summed E-state index contributed by atoms with van der Waals surface area (Å²) in [6, 6.07) is 3.65. The molecule has 1 aromatic rings. The van der Waals surface area contributed by atoms with Gasteiger partial charge in [0, 0.05) is 19.6 Å². The first-order valence-corrected chi connectivity index (χ1v) is 18.9. The van der Waals surface area contributed by atoms with Crippen LogP contribution in [-0.2, 0) is 36.8 Å². The van der Waals surface area contributed by atoms with Crippen molar-refractivity contribution in [1.29, 1.82) is 0 Å². The molecule has 292 valence electrons. The zero-order chi connectivity index (χ0) is 39.3. The molecule has 53 heavy (non-hydrogen) atoms. The molecular weight excluding hydrogens is 676 g/mol. The Morgan fingerprint density at radius 1 is 0.981 bits per heavy atom. The first-order valence-electron chi connectivity index (χ1n) is 18.9. The van der Waals surface area contributed by atoms with Gasteiger partial charge in [-0.05, 0) is 61.0 Å².